The van der Waals surface area contributed by atoms with Crippen LogP contribution in [0.2, 0.25) is 0 Å². The lowest BCUT2D eigenvalue weighted by molar-refractivity contribution is 0.103. The molecule has 28 heavy (non-hydrogen) atoms. The third-order valence-electron chi connectivity index (χ3n) is 5.30. The van der Waals surface area contributed by atoms with Gasteiger partial charge in [-0.2, -0.15) is 0 Å². The van der Waals surface area contributed by atoms with E-state index in [4.69, 9.17) is 0 Å². The minimum Gasteiger partial charge on any atom is -0.300 e. The van der Waals surface area contributed by atoms with Crippen molar-refractivity contribution in [2.45, 2.75) is 19.4 Å². The molecule has 3 aromatic carbocycles. The van der Waals surface area contributed by atoms with Gasteiger partial charge in [0.2, 0.25) is 0 Å². The van der Waals surface area contributed by atoms with Crippen LogP contribution in [0.5, 0.6) is 0 Å². The van der Waals surface area contributed by atoms with Gasteiger partial charge in [-0.1, -0.05) is 64.5 Å². The largest absolute Gasteiger partial charge is 0.300 e. The van der Waals surface area contributed by atoms with Crippen LogP contribution in [0.25, 0.3) is 11.1 Å². The summed E-state index contributed by atoms with van der Waals surface area (Å²) in [6, 6.07) is 23.9. The molecule has 2 nitrogen and oxygen atoms in total. The Morgan fingerprint density at radius 1 is 0.750 bits per heavy atom. The summed E-state index contributed by atoms with van der Waals surface area (Å²) in [5.41, 5.74) is 4.91. The minimum absolute atomic E-state index is 0. The molecule has 0 amide bonds. The Labute approximate surface area is 182 Å². The number of halogens is 2. The minimum atomic E-state index is -0.0144. The topological polar surface area (TPSA) is 20.3 Å². The van der Waals surface area contributed by atoms with Gasteiger partial charge in [0.05, 0.1) is 0 Å². The number of benzene rings is 3. The lowest BCUT2D eigenvalue weighted by atomic mass is 9.91. The van der Waals surface area contributed by atoms with Crippen LogP contribution >= 0.6 is 28.3 Å². The van der Waals surface area contributed by atoms with Crippen molar-refractivity contribution in [2.24, 2.45) is 0 Å². The predicted octanol–water partition coefficient (Wildman–Crippen LogP) is 6.57. The fraction of sp³-hybridized carbons (Fsp3) is 0.208. The summed E-state index contributed by atoms with van der Waals surface area (Å²) in [5.74, 6) is 0.0390. The smallest absolute Gasteiger partial charge is 0.193 e. The van der Waals surface area contributed by atoms with E-state index in [1.807, 2.05) is 48.5 Å². The van der Waals surface area contributed by atoms with Gasteiger partial charge in [0.15, 0.2) is 5.78 Å². The Hall–Kier alpha value is -1.94. The number of carbonyl (C=O) groups excluding carboxylic acids is 1. The van der Waals surface area contributed by atoms with Gasteiger partial charge in [-0.05, 0) is 68.9 Å². The van der Waals surface area contributed by atoms with E-state index < -0.39 is 0 Å². The second-order valence-corrected chi connectivity index (χ2v) is 8.36. The first-order valence-electron chi connectivity index (χ1n) is 8.98. The zero-order valence-corrected chi connectivity index (χ0v) is 19.0. The predicted molar refractivity (Wildman–Crippen MR) is 123 cm³/mol. The highest BCUT2D eigenvalue weighted by atomic mass is 79.9. The Morgan fingerprint density at radius 3 is 1.57 bits per heavy atom. The average molecular weight is 459 g/mol. The SMILES string of the molecule is CN(C)C(C)(C)c1ccc(-c2ccc(C(=O)c3ccc(Br)cc3)cc2)cc1.Cl. The zero-order chi connectivity index (χ0) is 19.6. The summed E-state index contributed by atoms with van der Waals surface area (Å²) in [6.07, 6.45) is 0. The number of hydrogen-bond donors (Lipinski definition) is 0. The molecule has 0 aliphatic carbocycles. The summed E-state index contributed by atoms with van der Waals surface area (Å²) in [4.78, 5) is 14.8. The molecule has 146 valence electrons. The number of hydrogen-bond acceptors (Lipinski definition) is 2. The molecule has 0 aromatic heterocycles. The normalized spacial score (nSPS) is 11.2. The lowest BCUT2D eigenvalue weighted by Crippen LogP contribution is -2.35. The first kappa shape index (κ1) is 22.4. The highest BCUT2D eigenvalue weighted by molar-refractivity contribution is 9.10. The highest BCUT2D eigenvalue weighted by Crippen LogP contribution is 2.28. The van der Waals surface area contributed by atoms with Crippen LogP contribution < -0.4 is 0 Å². The molecule has 3 aromatic rings. The van der Waals surface area contributed by atoms with Gasteiger partial charge in [-0.25, -0.2) is 0 Å². The first-order valence-corrected chi connectivity index (χ1v) is 9.77. The van der Waals surface area contributed by atoms with Gasteiger partial charge in [-0.15, -0.1) is 12.4 Å². The fourth-order valence-electron chi connectivity index (χ4n) is 2.91. The van der Waals surface area contributed by atoms with Crippen LogP contribution in [0.15, 0.2) is 77.3 Å². The molecule has 3 rings (SSSR count). The molecule has 0 spiro atoms. The number of carbonyl (C=O) groups is 1. The van der Waals surface area contributed by atoms with Crippen molar-refractivity contribution in [1.82, 2.24) is 4.90 Å². The number of nitrogens with zero attached hydrogens (tertiary/aromatic N) is 1. The van der Waals surface area contributed by atoms with Crippen molar-refractivity contribution in [3.63, 3.8) is 0 Å². The van der Waals surface area contributed by atoms with Gasteiger partial charge in [0, 0.05) is 21.1 Å². The summed E-state index contributed by atoms with van der Waals surface area (Å²) in [6.45, 7) is 4.43. The molecular formula is C24H25BrClNO. The quantitative estimate of drug-likeness (QED) is 0.403. The second-order valence-electron chi connectivity index (χ2n) is 7.44. The Bertz CT molecular complexity index is 930. The van der Waals surface area contributed by atoms with Gasteiger partial charge < -0.3 is 4.90 Å². The van der Waals surface area contributed by atoms with Gasteiger partial charge in [-0.3, -0.25) is 4.79 Å². The summed E-state index contributed by atoms with van der Waals surface area (Å²) in [7, 11) is 4.18. The molecular weight excluding hydrogens is 434 g/mol. The van der Waals surface area contributed by atoms with Crippen molar-refractivity contribution in [3.8, 4) is 11.1 Å². The maximum absolute atomic E-state index is 12.6. The van der Waals surface area contributed by atoms with E-state index in [-0.39, 0.29) is 23.7 Å². The molecule has 0 heterocycles. The van der Waals surface area contributed by atoms with E-state index in [0.29, 0.717) is 11.1 Å². The van der Waals surface area contributed by atoms with Gasteiger partial charge in [0.1, 0.15) is 0 Å². The van der Waals surface area contributed by atoms with Crippen molar-refractivity contribution >= 4 is 34.1 Å². The molecule has 4 heteroatoms. The summed E-state index contributed by atoms with van der Waals surface area (Å²) < 4.78 is 0.968. The molecule has 0 aliphatic rings. The molecule has 0 fully saturated rings. The average Bonchev–Trinajstić information content (AvgIpc) is 2.68. The molecule has 0 N–H and O–H groups in total. The molecule has 0 aliphatic heterocycles. The lowest BCUT2D eigenvalue weighted by Gasteiger charge is -2.33. The molecule has 0 saturated heterocycles. The van der Waals surface area contributed by atoms with Crippen molar-refractivity contribution in [1.29, 1.82) is 0 Å². The fourth-order valence-corrected chi connectivity index (χ4v) is 3.18. The molecule has 0 unspecified atom stereocenters. The standard InChI is InChI=1S/C24H24BrNO.ClH/c1-24(2,26(3)4)21-13-9-18(10-14-21)17-5-7-19(8-6-17)23(27)20-11-15-22(25)16-12-20;/h5-16H,1-4H3;1H. The van der Waals surface area contributed by atoms with Crippen LogP contribution in [-0.2, 0) is 5.54 Å². The Morgan fingerprint density at radius 2 is 1.14 bits per heavy atom. The van der Waals surface area contributed by atoms with Crippen LogP contribution in [0, 0.1) is 0 Å². The van der Waals surface area contributed by atoms with E-state index in [2.05, 4.69) is 73.0 Å². The summed E-state index contributed by atoms with van der Waals surface area (Å²) in [5, 5.41) is 0. The number of rotatable bonds is 5. The molecule has 0 radical (unpaired) electrons. The summed E-state index contributed by atoms with van der Waals surface area (Å²) >= 11 is 3.40. The van der Waals surface area contributed by atoms with Crippen molar-refractivity contribution < 1.29 is 4.79 Å². The number of ketones is 1. The van der Waals surface area contributed by atoms with E-state index >= 15 is 0 Å². The van der Waals surface area contributed by atoms with Crippen LogP contribution in [-0.4, -0.2) is 24.8 Å². The zero-order valence-electron chi connectivity index (χ0n) is 16.6. The second kappa shape index (κ2) is 9.04. The monoisotopic (exact) mass is 457 g/mol. The molecule has 0 saturated carbocycles. The van der Waals surface area contributed by atoms with Gasteiger partial charge >= 0.3 is 0 Å². The van der Waals surface area contributed by atoms with Crippen LogP contribution in [0.1, 0.15) is 35.3 Å². The molecule has 0 bridgehead atoms. The third-order valence-corrected chi connectivity index (χ3v) is 5.82. The van der Waals surface area contributed by atoms with E-state index in [0.717, 1.165) is 15.6 Å². The third kappa shape index (κ3) is 4.72. The van der Waals surface area contributed by atoms with E-state index in [9.17, 15) is 4.79 Å². The van der Waals surface area contributed by atoms with E-state index in [1.165, 1.54) is 5.56 Å². The van der Waals surface area contributed by atoms with Crippen LogP contribution in [0.4, 0.5) is 0 Å². The van der Waals surface area contributed by atoms with Crippen molar-refractivity contribution in [2.75, 3.05) is 14.1 Å². The maximum atomic E-state index is 12.6. The Balaban J connectivity index is 0.00000280. The van der Waals surface area contributed by atoms with Crippen LogP contribution in [0.3, 0.4) is 0 Å². The van der Waals surface area contributed by atoms with Crippen molar-refractivity contribution in [3.05, 3.63) is 94.0 Å². The maximum Gasteiger partial charge on any atom is 0.193 e. The molecule has 0 atom stereocenters. The van der Waals surface area contributed by atoms with E-state index in [1.54, 1.807) is 0 Å². The highest BCUT2D eigenvalue weighted by Gasteiger charge is 2.22. The van der Waals surface area contributed by atoms with Gasteiger partial charge in [0.25, 0.3) is 0 Å². The first-order chi connectivity index (χ1) is 12.8. The Kier molecular flexibility index (Phi) is 7.22.